The van der Waals surface area contributed by atoms with E-state index in [2.05, 4.69) is 35.4 Å². The van der Waals surface area contributed by atoms with Crippen molar-refractivity contribution in [2.24, 2.45) is 0 Å². The summed E-state index contributed by atoms with van der Waals surface area (Å²) in [6.45, 7) is 5.53. The van der Waals surface area contributed by atoms with Gasteiger partial charge in [0, 0.05) is 11.9 Å². The minimum absolute atomic E-state index is 0.391. The third-order valence-corrected chi connectivity index (χ3v) is 6.23. The van der Waals surface area contributed by atoms with Gasteiger partial charge in [-0.15, -0.1) is 6.58 Å². The Hall–Kier alpha value is -4.25. The van der Waals surface area contributed by atoms with Gasteiger partial charge in [-0.3, -0.25) is 0 Å². The summed E-state index contributed by atoms with van der Waals surface area (Å²) in [6, 6.07) is 28.6. The molecule has 0 unspecified atom stereocenters. The van der Waals surface area contributed by atoms with Crippen LogP contribution < -0.4 is 14.2 Å². The van der Waals surface area contributed by atoms with E-state index in [-0.39, 0.29) is 0 Å². The Morgan fingerprint density at radius 3 is 2.58 bits per heavy atom. The number of para-hydroxylation sites is 2. The third kappa shape index (κ3) is 5.05. The Balaban J connectivity index is 1.29. The molecule has 5 rings (SSSR count). The second-order valence-corrected chi connectivity index (χ2v) is 8.61. The van der Waals surface area contributed by atoms with E-state index in [0.29, 0.717) is 13.2 Å². The molecule has 0 spiro atoms. The number of fused-ring (bicyclic) bond motifs is 2. The molecule has 0 aliphatic rings. The predicted octanol–water partition coefficient (Wildman–Crippen LogP) is 6.97. The molecule has 0 bridgehead atoms. The smallest absolute Gasteiger partial charge is 0.161 e. The minimum Gasteiger partial charge on any atom is -0.493 e. The van der Waals surface area contributed by atoms with Crippen molar-refractivity contribution in [3.8, 4) is 17.2 Å². The molecule has 0 aliphatic heterocycles. The molecule has 1 heterocycles. The Labute approximate surface area is 211 Å². The number of hydrogen-bond donors (Lipinski definition) is 0. The van der Waals surface area contributed by atoms with Crippen LogP contribution in [0, 0.1) is 0 Å². The first-order valence-electron chi connectivity index (χ1n) is 12.2. The van der Waals surface area contributed by atoms with E-state index in [9.17, 15) is 0 Å². The Kier molecular flexibility index (Phi) is 7.17. The zero-order chi connectivity index (χ0) is 24.7. The molecule has 5 nitrogen and oxygen atoms in total. The number of methoxy groups -OCH3 is 1. The van der Waals surface area contributed by atoms with Crippen molar-refractivity contribution in [1.82, 2.24) is 9.55 Å². The van der Waals surface area contributed by atoms with Gasteiger partial charge in [0.2, 0.25) is 0 Å². The largest absolute Gasteiger partial charge is 0.493 e. The third-order valence-electron chi connectivity index (χ3n) is 6.23. The number of allylic oxidation sites excluding steroid dienone is 1. The summed E-state index contributed by atoms with van der Waals surface area (Å²) in [5, 5.41) is 2.26. The van der Waals surface area contributed by atoms with Crippen LogP contribution in [0.2, 0.25) is 0 Å². The van der Waals surface area contributed by atoms with E-state index < -0.39 is 0 Å². The summed E-state index contributed by atoms with van der Waals surface area (Å²) in [5.74, 6) is 3.25. The number of ether oxygens (including phenoxy) is 3. The van der Waals surface area contributed by atoms with Crippen molar-refractivity contribution in [2.45, 2.75) is 26.0 Å². The SMILES string of the molecule is C=CCc1ccc(OCCCn2c(COc3cccc4ccccc34)nc3ccccc32)c(OC)c1. The molecule has 0 atom stereocenters. The number of aryl methyl sites for hydroxylation is 1. The maximum absolute atomic E-state index is 6.27. The molecule has 0 radical (unpaired) electrons. The lowest BCUT2D eigenvalue weighted by Crippen LogP contribution is -2.10. The van der Waals surface area contributed by atoms with Gasteiger partial charge in [0.15, 0.2) is 11.5 Å². The van der Waals surface area contributed by atoms with E-state index in [1.54, 1.807) is 7.11 Å². The Morgan fingerprint density at radius 2 is 1.69 bits per heavy atom. The van der Waals surface area contributed by atoms with Crippen molar-refractivity contribution >= 4 is 21.8 Å². The molecular formula is C31H30N2O3. The summed E-state index contributed by atoms with van der Waals surface area (Å²) in [7, 11) is 1.67. The fourth-order valence-corrected chi connectivity index (χ4v) is 4.48. The van der Waals surface area contributed by atoms with E-state index in [4.69, 9.17) is 19.2 Å². The second kappa shape index (κ2) is 11.0. The zero-order valence-corrected chi connectivity index (χ0v) is 20.5. The van der Waals surface area contributed by atoms with Gasteiger partial charge in [-0.1, -0.05) is 60.7 Å². The number of rotatable bonds is 11. The highest BCUT2D eigenvalue weighted by Crippen LogP contribution is 2.29. The number of nitrogens with zero attached hydrogens (tertiary/aromatic N) is 2. The monoisotopic (exact) mass is 478 g/mol. The van der Waals surface area contributed by atoms with Crippen LogP contribution in [0.5, 0.6) is 17.2 Å². The topological polar surface area (TPSA) is 45.5 Å². The number of aromatic nitrogens is 2. The zero-order valence-electron chi connectivity index (χ0n) is 20.5. The first-order chi connectivity index (χ1) is 17.8. The molecule has 1 aromatic heterocycles. The molecule has 0 fully saturated rings. The molecule has 5 aromatic rings. The highest BCUT2D eigenvalue weighted by molar-refractivity contribution is 5.88. The molecule has 0 aliphatic carbocycles. The summed E-state index contributed by atoms with van der Waals surface area (Å²) in [5.41, 5.74) is 3.21. The maximum Gasteiger partial charge on any atom is 0.161 e. The molecule has 0 saturated carbocycles. The number of hydrogen-bond acceptors (Lipinski definition) is 4. The van der Waals surface area contributed by atoms with Gasteiger partial charge in [-0.05, 0) is 54.1 Å². The van der Waals surface area contributed by atoms with Gasteiger partial charge in [0.05, 0.1) is 24.8 Å². The molecule has 182 valence electrons. The van der Waals surface area contributed by atoms with Crippen LogP contribution >= 0.6 is 0 Å². The molecule has 4 aromatic carbocycles. The second-order valence-electron chi connectivity index (χ2n) is 8.61. The van der Waals surface area contributed by atoms with Gasteiger partial charge in [0.25, 0.3) is 0 Å². The van der Waals surface area contributed by atoms with E-state index >= 15 is 0 Å². The van der Waals surface area contributed by atoms with E-state index in [1.165, 1.54) is 0 Å². The van der Waals surface area contributed by atoms with Gasteiger partial charge in [0.1, 0.15) is 18.2 Å². The predicted molar refractivity (Wildman–Crippen MR) is 145 cm³/mol. The lowest BCUT2D eigenvalue weighted by Gasteiger charge is -2.14. The molecule has 0 N–H and O–H groups in total. The van der Waals surface area contributed by atoms with Crippen LogP contribution in [-0.2, 0) is 19.6 Å². The van der Waals surface area contributed by atoms with Crippen molar-refractivity contribution in [3.05, 3.63) is 109 Å². The van der Waals surface area contributed by atoms with Crippen LogP contribution in [0.15, 0.2) is 97.6 Å². The number of benzene rings is 4. The number of imidazole rings is 1. The van der Waals surface area contributed by atoms with Crippen LogP contribution in [0.25, 0.3) is 21.8 Å². The van der Waals surface area contributed by atoms with Crippen LogP contribution in [0.3, 0.4) is 0 Å². The van der Waals surface area contributed by atoms with Gasteiger partial charge < -0.3 is 18.8 Å². The average molecular weight is 479 g/mol. The van der Waals surface area contributed by atoms with Gasteiger partial charge >= 0.3 is 0 Å². The van der Waals surface area contributed by atoms with Crippen molar-refractivity contribution in [2.75, 3.05) is 13.7 Å². The van der Waals surface area contributed by atoms with Crippen LogP contribution in [0.4, 0.5) is 0 Å². The first-order valence-corrected chi connectivity index (χ1v) is 12.2. The summed E-state index contributed by atoms with van der Waals surface area (Å²) in [4.78, 5) is 4.87. The Morgan fingerprint density at radius 1 is 0.861 bits per heavy atom. The van der Waals surface area contributed by atoms with Crippen molar-refractivity contribution < 1.29 is 14.2 Å². The normalized spacial score (nSPS) is 11.0. The summed E-state index contributed by atoms with van der Waals surface area (Å²) < 4.78 is 20.1. The highest BCUT2D eigenvalue weighted by atomic mass is 16.5. The first kappa shape index (κ1) is 23.5. The van der Waals surface area contributed by atoms with E-state index in [0.717, 1.165) is 69.8 Å². The van der Waals surface area contributed by atoms with Crippen LogP contribution in [-0.4, -0.2) is 23.3 Å². The standard InChI is InChI=1S/C31H30N2O3/c1-3-10-23-17-18-29(30(21-23)34-2)35-20-9-19-33-27-15-7-6-14-26(27)32-31(33)22-36-28-16-8-12-24-11-4-5-13-25(24)28/h3-8,11-18,21H,1,9-10,19-20,22H2,2H3. The Bertz CT molecular complexity index is 1480. The molecule has 36 heavy (non-hydrogen) atoms. The minimum atomic E-state index is 0.391. The lowest BCUT2D eigenvalue weighted by molar-refractivity contribution is 0.274. The van der Waals surface area contributed by atoms with Crippen molar-refractivity contribution in [3.63, 3.8) is 0 Å². The average Bonchev–Trinajstić information content (AvgIpc) is 3.28. The summed E-state index contributed by atoms with van der Waals surface area (Å²) in [6.07, 6.45) is 3.50. The fraction of sp³-hybridized carbons (Fsp3) is 0.194. The highest BCUT2D eigenvalue weighted by Gasteiger charge is 2.12. The molecular weight excluding hydrogens is 448 g/mol. The molecule has 5 heteroatoms. The fourth-order valence-electron chi connectivity index (χ4n) is 4.48. The molecule has 0 amide bonds. The van der Waals surface area contributed by atoms with Crippen LogP contribution in [0.1, 0.15) is 17.8 Å². The van der Waals surface area contributed by atoms with Gasteiger partial charge in [-0.2, -0.15) is 0 Å². The quantitative estimate of drug-likeness (QED) is 0.152. The van der Waals surface area contributed by atoms with Gasteiger partial charge in [-0.25, -0.2) is 4.98 Å². The maximum atomic E-state index is 6.27. The van der Waals surface area contributed by atoms with E-state index in [1.807, 2.05) is 66.7 Å². The van der Waals surface area contributed by atoms with Crippen molar-refractivity contribution in [1.29, 1.82) is 0 Å². The summed E-state index contributed by atoms with van der Waals surface area (Å²) >= 11 is 0. The molecule has 0 saturated heterocycles. The lowest BCUT2D eigenvalue weighted by atomic mass is 10.1.